The Hall–Kier alpha value is -2.48. The predicted molar refractivity (Wildman–Crippen MR) is 74.0 cm³/mol. The molecule has 0 amide bonds. The first-order chi connectivity index (χ1) is 8.84. The lowest BCUT2D eigenvalue weighted by atomic mass is 10.0. The molecular weight excluding hydrogens is 222 g/mol. The molecule has 0 saturated heterocycles. The van der Waals surface area contributed by atoms with Gasteiger partial charge < -0.3 is 10.2 Å². The van der Waals surface area contributed by atoms with Crippen molar-refractivity contribution in [1.29, 1.82) is 0 Å². The molecule has 0 bridgehead atoms. The van der Waals surface area contributed by atoms with Crippen LogP contribution in [0, 0.1) is 0 Å². The third-order valence-electron chi connectivity index (χ3n) is 2.95. The molecule has 0 aliphatic carbocycles. The van der Waals surface area contributed by atoms with Gasteiger partial charge in [0.2, 0.25) is 0 Å². The summed E-state index contributed by atoms with van der Waals surface area (Å²) in [7, 11) is 0. The molecule has 0 aliphatic heterocycles. The molecule has 0 aliphatic rings. The van der Waals surface area contributed by atoms with Gasteiger partial charge in [0.05, 0.1) is 6.26 Å². The molecule has 0 spiro atoms. The van der Waals surface area contributed by atoms with Crippen LogP contribution >= 0.6 is 0 Å². The third kappa shape index (κ3) is 1.89. The molecule has 0 saturated carbocycles. The lowest BCUT2D eigenvalue weighted by molar-refractivity contribution is 0.582. The van der Waals surface area contributed by atoms with E-state index in [0.717, 1.165) is 22.6 Å². The first-order valence-corrected chi connectivity index (χ1v) is 5.83. The topological polar surface area (TPSA) is 39.2 Å². The molecule has 1 heterocycles. The van der Waals surface area contributed by atoms with E-state index in [9.17, 15) is 0 Å². The second-order valence-electron chi connectivity index (χ2n) is 4.15. The average molecular weight is 235 g/mol. The molecule has 18 heavy (non-hydrogen) atoms. The molecule has 1 aromatic heterocycles. The fourth-order valence-corrected chi connectivity index (χ4v) is 2.01. The minimum absolute atomic E-state index is 0.727. The van der Waals surface area contributed by atoms with Crippen LogP contribution in [0.15, 0.2) is 71.3 Å². The van der Waals surface area contributed by atoms with Crippen LogP contribution in [0.2, 0.25) is 0 Å². The fraction of sp³-hybridized carbons (Fsp3) is 0. The molecular formula is C16H13NO. The number of furan rings is 1. The minimum atomic E-state index is 0.727. The van der Waals surface area contributed by atoms with Crippen LogP contribution < -0.4 is 5.73 Å². The summed E-state index contributed by atoms with van der Waals surface area (Å²) >= 11 is 0. The van der Waals surface area contributed by atoms with E-state index in [1.54, 1.807) is 6.26 Å². The van der Waals surface area contributed by atoms with Crippen LogP contribution in [0.25, 0.3) is 22.5 Å². The Kier molecular flexibility index (Phi) is 2.61. The summed E-state index contributed by atoms with van der Waals surface area (Å²) in [5.41, 5.74) is 9.96. The lowest BCUT2D eigenvalue weighted by Gasteiger charge is -2.07. The highest BCUT2D eigenvalue weighted by Crippen LogP contribution is 2.31. The highest BCUT2D eigenvalue weighted by atomic mass is 16.3. The van der Waals surface area contributed by atoms with Crippen LogP contribution in [0.4, 0.5) is 5.69 Å². The summed E-state index contributed by atoms with van der Waals surface area (Å²) < 4.78 is 5.41. The van der Waals surface area contributed by atoms with Gasteiger partial charge in [-0.3, -0.25) is 0 Å². The van der Waals surface area contributed by atoms with Crippen molar-refractivity contribution in [2.45, 2.75) is 0 Å². The van der Waals surface area contributed by atoms with Crippen LogP contribution in [0.1, 0.15) is 0 Å². The standard InChI is InChI=1S/C16H13NO/c17-15-9-8-13(12-5-2-1-3-6-12)11-14(15)16-7-4-10-18-16/h1-11H,17H2. The van der Waals surface area contributed by atoms with Gasteiger partial charge in [0, 0.05) is 11.3 Å². The molecule has 3 rings (SSSR count). The maximum atomic E-state index is 6.00. The molecule has 2 N–H and O–H groups in total. The monoisotopic (exact) mass is 235 g/mol. The highest BCUT2D eigenvalue weighted by molar-refractivity contribution is 5.79. The summed E-state index contributed by atoms with van der Waals surface area (Å²) in [6, 6.07) is 20.0. The Morgan fingerprint density at radius 2 is 1.61 bits per heavy atom. The van der Waals surface area contributed by atoms with Gasteiger partial charge in [0.15, 0.2) is 0 Å². The minimum Gasteiger partial charge on any atom is -0.464 e. The van der Waals surface area contributed by atoms with E-state index in [2.05, 4.69) is 18.2 Å². The van der Waals surface area contributed by atoms with Gasteiger partial charge in [0.25, 0.3) is 0 Å². The Morgan fingerprint density at radius 3 is 2.33 bits per heavy atom. The fourth-order valence-electron chi connectivity index (χ4n) is 2.01. The van der Waals surface area contributed by atoms with Gasteiger partial charge in [-0.15, -0.1) is 0 Å². The van der Waals surface area contributed by atoms with Gasteiger partial charge in [-0.25, -0.2) is 0 Å². The van der Waals surface area contributed by atoms with Gasteiger partial charge in [0.1, 0.15) is 5.76 Å². The zero-order chi connectivity index (χ0) is 12.4. The van der Waals surface area contributed by atoms with E-state index in [0.29, 0.717) is 0 Å². The van der Waals surface area contributed by atoms with E-state index in [-0.39, 0.29) is 0 Å². The number of nitrogens with two attached hydrogens (primary N) is 1. The number of benzene rings is 2. The van der Waals surface area contributed by atoms with Crippen LogP contribution in [-0.2, 0) is 0 Å². The number of nitrogen functional groups attached to an aromatic ring is 1. The normalized spacial score (nSPS) is 10.4. The van der Waals surface area contributed by atoms with Crippen molar-refractivity contribution in [2.24, 2.45) is 0 Å². The second kappa shape index (κ2) is 4.41. The molecule has 0 fully saturated rings. The van der Waals surface area contributed by atoms with Gasteiger partial charge in [-0.1, -0.05) is 36.4 Å². The van der Waals surface area contributed by atoms with Crippen molar-refractivity contribution in [3.8, 4) is 22.5 Å². The Bertz CT molecular complexity index is 642. The second-order valence-corrected chi connectivity index (χ2v) is 4.15. The SMILES string of the molecule is Nc1ccc(-c2ccccc2)cc1-c1ccco1. The maximum absolute atomic E-state index is 6.00. The highest BCUT2D eigenvalue weighted by Gasteiger charge is 2.07. The molecule has 0 unspecified atom stereocenters. The average Bonchev–Trinajstić information content (AvgIpc) is 2.94. The summed E-state index contributed by atoms with van der Waals surface area (Å²) in [5, 5.41) is 0. The molecule has 88 valence electrons. The molecule has 0 atom stereocenters. The first-order valence-electron chi connectivity index (χ1n) is 5.83. The quantitative estimate of drug-likeness (QED) is 0.676. The van der Waals surface area contributed by atoms with Crippen molar-refractivity contribution in [3.63, 3.8) is 0 Å². The van der Waals surface area contributed by atoms with Gasteiger partial charge in [-0.05, 0) is 35.4 Å². The van der Waals surface area contributed by atoms with Crippen molar-refractivity contribution in [3.05, 3.63) is 66.9 Å². The lowest BCUT2D eigenvalue weighted by Crippen LogP contribution is -1.90. The van der Waals surface area contributed by atoms with Gasteiger partial charge in [-0.2, -0.15) is 0 Å². The largest absolute Gasteiger partial charge is 0.464 e. The molecule has 3 aromatic rings. The van der Waals surface area contributed by atoms with E-state index in [1.165, 1.54) is 5.56 Å². The molecule has 2 aromatic carbocycles. The van der Waals surface area contributed by atoms with Crippen molar-refractivity contribution in [2.75, 3.05) is 5.73 Å². The predicted octanol–water partition coefficient (Wildman–Crippen LogP) is 4.20. The smallest absolute Gasteiger partial charge is 0.135 e. The summed E-state index contributed by atoms with van der Waals surface area (Å²) in [5.74, 6) is 0.797. The van der Waals surface area contributed by atoms with Crippen LogP contribution in [0.3, 0.4) is 0 Å². The van der Waals surface area contributed by atoms with Crippen LogP contribution in [-0.4, -0.2) is 0 Å². The summed E-state index contributed by atoms with van der Waals surface area (Å²) in [4.78, 5) is 0. The third-order valence-corrected chi connectivity index (χ3v) is 2.95. The Morgan fingerprint density at radius 1 is 0.778 bits per heavy atom. The number of hydrogen-bond acceptors (Lipinski definition) is 2. The van der Waals surface area contributed by atoms with Crippen molar-refractivity contribution >= 4 is 5.69 Å². The number of anilines is 1. The number of hydrogen-bond donors (Lipinski definition) is 1. The molecule has 2 nitrogen and oxygen atoms in total. The molecule has 2 heteroatoms. The van der Waals surface area contributed by atoms with E-state index >= 15 is 0 Å². The first kappa shape index (κ1) is 10.7. The summed E-state index contributed by atoms with van der Waals surface area (Å²) in [6.07, 6.45) is 1.66. The zero-order valence-corrected chi connectivity index (χ0v) is 9.84. The number of rotatable bonds is 2. The Labute approximate surface area is 106 Å². The van der Waals surface area contributed by atoms with Crippen molar-refractivity contribution in [1.82, 2.24) is 0 Å². The van der Waals surface area contributed by atoms with E-state index < -0.39 is 0 Å². The van der Waals surface area contributed by atoms with E-state index in [1.807, 2.05) is 42.5 Å². The molecule has 0 radical (unpaired) electrons. The van der Waals surface area contributed by atoms with E-state index in [4.69, 9.17) is 10.2 Å². The Balaban J connectivity index is 2.12. The maximum Gasteiger partial charge on any atom is 0.135 e. The van der Waals surface area contributed by atoms with Crippen molar-refractivity contribution < 1.29 is 4.42 Å². The van der Waals surface area contributed by atoms with Gasteiger partial charge >= 0.3 is 0 Å². The van der Waals surface area contributed by atoms with Crippen LogP contribution in [0.5, 0.6) is 0 Å². The zero-order valence-electron chi connectivity index (χ0n) is 9.84. The summed E-state index contributed by atoms with van der Waals surface area (Å²) in [6.45, 7) is 0.